The Labute approximate surface area is 128 Å². The van der Waals surface area contributed by atoms with Crippen LogP contribution in [0.25, 0.3) is 0 Å². The largest absolute Gasteiger partial charge is 0.322 e. The number of Topliss-reactive ketones (excluding diaryl/α,β-unsaturated/α-hetero) is 1. The lowest BCUT2D eigenvalue weighted by Gasteiger charge is -2.13. The minimum absolute atomic E-state index is 0.128. The number of hydrogen-bond donors (Lipinski definition) is 1. The van der Waals surface area contributed by atoms with Crippen molar-refractivity contribution in [2.24, 2.45) is 5.92 Å². The Balaban J connectivity index is 3.09. The third-order valence-electron chi connectivity index (χ3n) is 2.60. The van der Waals surface area contributed by atoms with E-state index in [9.17, 15) is 9.59 Å². The molecule has 1 N–H and O–H groups in total. The molecule has 0 radical (unpaired) electrons. The maximum absolute atomic E-state index is 12.4. The highest BCUT2D eigenvalue weighted by atomic mass is 32.2. The summed E-state index contributed by atoms with van der Waals surface area (Å²) in [7, 11) is 0. The van der Waals surface area contributed by atoms with Gasteiger partial charge in [0.05, 0.1) is 4.24 Å². The summed E-state index contributed by atoms with van der Waals surface area (Å²) in [5, 5.41) is 2.78. The van der Waals surface area contributed by atoms with Crippen LogP contribution in [0.4, 0.5) is 5.69 Å². The number of para-hydroxylation sites is 1. The van der Waals surface area contributed by atoms with Gasteiger partial charge < -0.3 is 5.32 Å². The van der Waals surface area contributed by atoms with Crippen molar-refractivity contribution in [3.8, 4) is 0 Å². The fourth-order valence-electron chi connectivity index (χ4n) is 1.60. The van der Waals surface area contributed by atoms with Crippen molar-refractivity contribution in [2.75, 3.05) is 17.8 Å². The smallest absolute Gasteiger partial charge is 0.260 e. The Morgan fingerprint density at radius 2 is 1.60 bits per heavy atom. The fourth-order valence-corrected chi connectivity index (χ4v) is 3.06. The second-order valence-electron chi connectivity index (χ2n) is 4.41. The third-order valence-corrected chi connectivity index (χ3v) is 4.75. The molecule has 0 spiro atoms. The first-order chi connectivity index (χ1) is 9.51. The topological polar surface area (TPSA) is 46.2 Å². The molecule has 0 fully saturated rings. The van der Waals surface area contributed by atoms with Crippen molar-refractivity contribution in [1.29, 1.82) is 0 Å². The Hall–Kier alpha value is -1.20. The van der Waals surface area contributed by atoms with Crippen LogP contribution in [0.2, 0.25) is 0 Å². The van der Waals surface area contributed by atoms with Gasteiger partial charge in [0.15, 0.2) is 5.78 Å². The summed E-state index contributed by atoms with van der Waals surface area (Å²) in [4.78, 5) is 24.7. The summed E-state index contributed by atoms with van der Waals surface area (Å²) >= 11 is 2.85. The van der Waals surface area contributed by atoms with Crippen molar-refractivity contribution >= 4 is 40.9 Å². The second-order valence-corrected chi connectivity index (χ2v) is 6.30. The zero-order valence-electron chi connectivity index (χ0n) is 12.1. The van der Waals surface area contributed by atoms with Gasteiger partial charge in [0.25, 0.3) is 5.91 Å². The molecule has 1 rings (SSSR count). The number of rotatable bonds is 6. The number of benzene rings is 1. The maximum Gasteiger partial charge on any atom is 0.260 e. The molecule has 0 saturated heterocycles. The molecular formula is C15H19NO2S2. The molecular weight excluding hydrogens is 290 g/mol. The van der Waals surface area contributed by atoms with Crippen LogP contribution in [0, 0.1) is 5.92 Å². The van der Waals surface area contributed by atoms with Gasteiger partial charge in [-0.15, -0.1) is 23.5 Å². The lowest BCUT2D eigenvalue weighted by atomic mass is 10.0. The van der Waals surface area contributed by atoms with E-state index in [1.165, 1.54) is 23.5 Å². The Kier molecular flexibility index (Phi) is 6.88. The van der Waals surface area contributed by atoms with Crippen molar-refractivity contribution in [3.63, 3.8) is 0 Å². The third kappa shape index (κ3) is 4.42. The minimum Gasteiger partial charge on any atom is -0.322 e. The van der Waals surface area contributed by atoms with Crippen LogP contribution in [0.3, 0.4) is 0 Å². The number of amides is 1. The molecule has 0 aliphatic rings. The van der Waals surface area contributed by atoms with Crippen LogP contribution >= 0.6 is 23.5 Å². The van der Waals surface area contributed by atoms with Crippen LogP contribution in [-0.4, -0.2) is 24.2 Å². The Bertz CT molecular complexity index is 504. The molecule has 0 unspecified atom stereocenters. The fraction of sp³-hybridized carbons (Fsp3) is 0.333. The van der Waals surface area contributed by atoms with Crippen molar-refractivity contribution in [1.82, 2.24) is 0 Å². The molecule has 0 atom stereocenters. The van der Waals surface area contributed by atoms with Crippen LogP contribution in [0.15, 0.2) is 40.1 Å². The monoisotopic (exact) mass is 309 g/mol. The van der Waals surface area contributed by atoms with E-state index in [1.54, 1.807) is 26.0 Å². The van der Waals surface area contributed by atoms with E-state index in [1.807, 2.05) is 30.7 Å². The van der Waals surface area contributed by atoms with Crippen molar-refractivity contribution in [2.45, 2.75) is 13.8 Å². The van der Waals surface area contributed by atoms with Crippen LogP contribution in [-0.2, 0) is 9.59 Å². The average Bonchev–Trinajstić information content (AvgIpc) is 2.44. The predicted molar refractivity (Wildman–Crippen MR) is 89.0 cm³/mol. The highest BCUT2D eigenvalue weighted by Crippen LogP contribution is 2.30. The van der Waals surface area contributed by atoms with E-state index < -0.39 is 0 Å². The quantitative estimate of drug-likeness (QED) is 0.493. The Morgan fingerprint density at radius 3 is 2.05 bits per heavy atom. The molecule has 0 aromatic heterocycles. The molecule has 1 aromatic carbocycles. The second kappa shape index (κ2) is 8.17. The van der Waals surface area contributed by atoms with Crippen LogP contribution < -0.4 is 5.32 Å². The van der Waals surface area contributed by atoms with Gasteiger partial charge in [-0.05, 0) is 24.6 Å². The molecule has 1 amide bonds. The van der Waals surface area contributed by atoms with Gasteiger partial charge >= 0.3 is 0 Å². The zero-order valence-corrected chi connectivity index (χ0v) is 13.7. The molecule has 20 heavy (non-hydrogen) atoms. The molecule has 108 valence electrons. The summed E-state index contributed by atoms with van der Waals surface area (Å²) < 4.78 is 0.747. The molecule has 3 nitrogen and oxygen atoms in total. The summed E-state index contributed by atoms with van der Waals surface area (Å²) in [5.74, 6) is -0.674. The molecule has 0 aliphatic heterocycles. The molecule has 1 aromatic rings. The van der Waals surface area contributed by atoms with E-state index in [-0.39, 0.29) is 23.2 Å². The highest BCUT2D eigenvalue weighted by molar-refractivity contribution is 8.21. The van der Waals surface area contributed by atoms with Gasteiger partial charge in [-0.1, -0.05) is 32.0 Å². The number of hydrogen-bond acceptors (Lipinski definition) is 4. The van der Waals surface area contributed by atoms with E-state index in [0.29, 0.717) is 5.69 Å². The normalized spacial score (nSPS) is 10.2. The molecule has 5 heteroatoms. The van der Waals surface area contributed by atoms with Gasteiger partial charge in [-0.25, -0.2) is 0 Å². The van der Waals surface area contributed by atoms with Gasteiger partial charge in [-0.3, -0.25) is 9.59 Å². The number of nitrogens with one attached hydrogen (secondary N) is 1. The SMILES string of the molecule is CSC(SC)=C(C(=O)Nc1ccccc1)C(=O)C(C)C. The summed E-state index contributed by atoms with van der Waals surface area (Å²) in [6.07, 6.45) is 3.74. The first-order valence-corrected chi connectivity index (χ1v) is 8.69. The minimum atomic E-state index is -0.339. The van der Waals surface area contributed by atoms with Gasteiger partial charge in [0.1, 0.15) is 5.57 Å². The summed E-state index contributed by atoms with van der Waals surface area (Å²) in [5.41, 5.74) is 0.942. The highest BCUT2D eigenvalue weighted by Gasteiger charge is 2.25. The van der Waals surface area contributed by atoms with E-state index in [2.05, 4.69) is 5.32 Å². The molecule has 0 bridgehead atoms. The number of ketones is 1. The van der Waals surface area contributed by atoms with Crippen molar-refractivity contribution in [3.05, 3.63) is 40.1 Å². The van der Waals surface area contributed by atoms with Gasteiger partial charge in [-0.2, -0.15) is 0 Å². The zero-order chi connectivity index (χ0) is 15.1. The summed E-state index contributed by atoms with van der Waals surface area (Å²) in [6, 6.07) is 9.15. The van der Waals surface area contributed by atoms with E-state index >= 15 is 0 Å². The number of thioether (sulfide) groups is 2. The lowest BCUT2D eigenvalue weighted by Crippen LogP contribution is -2.24. The summed E-state index contributed by atoms with van der Waals surface area (Å²) in [6.45, 7) is 3.60. The molecule has 0 aliphatic carbocycles. The molecule has 0 heterocycles. The first kappa shape index (κ1) is 16.9. The number of carbonyl (C=O) groups is 2. The first-order valence-electron chi connectivity index (χ1n) is 6.24. The van der Waals surface area contributed by atoms with E-state index in [0.717, 1.165) is 4.24 Å². The van der Waals surface area contributed by atoms with Crippen LogP contribution in [0.5, 0.6) is 0 Å². The molecule has 0 saturated carbocycles. The number of anilines is 1. The van der Waals surface area contributed by atoms with Crippen LogP contribution in [0.1, 0.15) is 13.8 Å². The van der Waals surface area contributed by atoms with Gasteiger partial charge in [0.2, 0.25) is 0 Å². The standard InChI is InChI=1S/C15H19NO2S2/c1-10(2)13(17)12(15(19-3)20-4)14(18)16-11-8-6-5-7-9-11/h5-10H,1-4H3,(H,16,18). The van der Waals surface area contributed by atoms with Crippen molar-refractivity contribution < 1.29 is 9.59 Å². The predicted octanol–water partition coefficient (Wildman–Crippen LogP) is 3.79. The number of carbonyl (C=O) groups excluding carboxylic acids is 2. The Morgan fingerprint density at radius 1 is 1.05 bits per heavy atom. The lowest BCUT2D eigenvalue weighted by molar-refractivity contribution is -0.122. The average molecular weight is 309 g/mol. The van der Waals surface area contributed by atoms with E-state index in [4.69, 9.17) is 0 Å². The van der Waals surface area contributed by atoms with Gasteiger partial charge in [0, 0.05) is 11.6 Å². The maximum atomic E-state index is 12.4.